The van der Waals surface area contributed by atoms with Gasteiger partial charge in [0.15, 0.2) is 0 Å². The lowest BCUT2D eigenvalue weighted by Gasteiger charge is -2.10. The number of hydrogen-bond donors (Lipinski definition) is 3. The maximum Gasteiger partial charge on any atom is 0.255 e. The van der Waals surface area contributed by atoms with Crippen molar-refractivity contribution in [2.45, 2.75) is 11.8 Å². The fourth-order valence-electron chi connectivity index (χ4n) is 1.80. The van der Waals surface area contributed by atoms with E-state index in [9.17, 15) is 18.3 Å². The lowest BCUT2D eigenvalue weighted by Crippen LogP contribution is -2.15. The molecular weight excluding hydrogens is 292 g/mol. The van der Waals surface area contributed by atoms with E-state index < -0.39 is 15.9 Å². The van der Waals surface area contributed by atoms with Crippen molar-refractivity contribution < 1.29 is 18.3 Å². The predicted octanol–water partition coefficient (Wildman–Crippen LogP) is 1.60. The summed E-state index contributed by atoms with van der Waals surface area (Å²) < 4.78 is 22.5. The molecule has 4 N–H and O–H groups in total. The van der Waals surface area contributed by atoms with Crippen molar-refractivity contribution in [1.29, 1.82) is 0 Å². The highest BCUT2D eigenvalue weighted by atomic mass is 32.2. The first-order chi connectivity index (χ1) is 9.77. The molecule has 0 saturated carbocycles. The normalized spacial score (nSPS) is 11.1. The van der Waals surface area contributed by atoms with E-state index in [-0.39, 0.29) is 10.6 Å². The molecule has 21 heavy (non-hydrogen) atoms. The van der Waals surface area contributed by atoms with Crippen LogP contribution in [0.2, 0.25) is 0 Å². The van der Waals surface area contributed by atoms with Gasteiger partial charge in [0.25, 0.3) is 5.91 Å². The van der Waals surface area contributed by atoms with Crippen molar-refractivity contribution in [3.8, 4) is 5.75 Å². The third-order valence-electron chi connectivity index (χ3n) is 2.88. The molecule has 0 fully saturated rings. The van der Waals surface area contributed by atoms with Gasteiger partial charge in [-0.2, -0.15) is 0 Å². The molecule has 0 atom stereocenters. The molecule has 0 radical (unpaired) electrons. The molecule has 0 aromatic heterocycles. The van der Waals surface area contributed by atoms with Gasteiger partial charge in [0.2, 0.25) is 10.0 Å². The summed E-state index contributed by atoms with van der Waals surface area (Å²) in [6, 6.07) is 10.1. The Morgan fingerprint density at radius 2 is 1.90 bits per heavy atom. The predicted molar refractivity (Wildman–Crippen MR) is 78.6 cm³/mol. The molecule has 7 heteroatoms. The number of benzene rings is 2. The Morgan fingerprint density at radius 3 is 2.48 bits per heavy atom. The van der Waals surface area contributed by atoms with Crippen molar-refractivity contribution in [2.24, 2.45) is 5.14 Å². The first kappa shape index (κ1) is 15.0. The molecule has 0 heterocycles. The Balaban J connectivity index is 2.26. The maximum absolute atomic E-state index is 12.0. The van der Waals surface area contributed by atoms with Crippen LogP contribution in [0.1, 0.15) is 15.9 Å². The van der Waals surface area contributed by atoms with Crippen molar-refractivity contribution in [3.05, 3.63) is 53.6 Å². The summed E-state index contributed by atoms with van der Waals surface area (Å²) in [7, 11) is -3.77. The van der Waals surface area contributed by atoms with Gasteiger partial charge in [0.05, 0.1) is 4.90 Å². The minimum absolute atomic E-state index is 0.0102. The molecule has 110 valence electrons. The average molecular weight is 306 g/mol. The Hall–Kier alpha value is -2.38. The minimum Gasteiger partial charge on any atom is -0.508 e. The van der Waals surface area contributed by atoms with E-state index in [1.54, 1.807) is 19.1 Å². The molecule has 2 rings (SSSR count). The van der Waals surface area contributed by atoms with E-state index in [1.165, 1.54) is 30.3 Å². The summed E-state index contributed by atoms with van der Waals surface area (Å²) in [5, 5.41) is 17.0. The van der Waals surface area contributed by atoms with Crippen LogP contribution in [-0.4, -0.2) is 19.4 Å². The van der Waals surface area contributed by atoms with Crippen LogP contribution in [0.15, 0.2) is 47.4 Å². The molecule has 2 aromatic rings. The Morgan fingerprint density at radius 1 is 1.19 bits per heavy atom. The molecule has 0 saturated heterocycles. The topological polar surface area (TPSA) is 109 Å². The number of phenolic OH excluding ortho intramolecular Hbond substituents is 1. The lowest BCUT2D eigenvalue weighted by atomic mass is 10.1. The Labute approximate surface area is 122 Å². The van der Waals surface area contributed by atoms with Gasteiger partial charge in [-0.15, -0.1) is 0 Å². The van der Waals surface area contributed by atoms with E-state index >= 15 is 0 Å². The van der Waals surface area contributed by atoms with Crippen LogP contribution in [0, 0.1) is 6.92 Å². The summed E-state index contributed by atoms with van der Waals surface area (Å²) >= 11 is 0. The minimum atomic E-state index is -3.77. The van der Waals surface area contributed by atoms with Crippen LogP contribution in [0.25, 0.3) is 0 Å². The van der Waals surface area contributed by atoms with E-state index in [0.29, 0.717) is 16.8 Å². The number of rotatable bonds is 3. The molecule has 0 aliphatic rings. The number of carbonyl (C=O) groups excluding carboxylic acids is 1. The van der Waals surface area contributed by atoms with Gasteiger partial charge in [-0.1, -0.05) is 6.07 Å². The van der Waals surface area contributed by atoms with Crippen molar-refractivity contribution in [2.75, 3.05) is 5.32 Å². The number of phenols is 1. The van der Waals surface area contributed by atoms with Crippen LogP contribution in [-0.2, 0) is 10.0 Å². The van der Waals surface area contributed by atoms with Gasteiger partial charge in [0, 0.05) is 11.3 Å². The fourth-order valence-corrected chi connectivity index (χ4v) is 2.39. The molecule has 2 aromatic carbocycles. The number of hydrogen-bond acceptors (Lipinski definition) is 4. The van der Waals surface area contributed by atoms with Crippen molar-refractivity contribution >= 4 is 21.6 Å². The third kappa shape index (κ3) is 3.59. The summed E-state index contributed by atoms with van der Waals surface area (Å²) in [6.45, 7) is 1.66. The molecule has 0 aliphatic carbocycles. The summed E-state index contributed by atoms with van der Waals surface area (Å²) in [5.74, 6) is -0.415. The standard InChI is InChI=1S/C14H14N2O4S/c1-9-7-12(21(15,19)20)5-6-13(9)16-14(18)10-3-2-4-11(17)8-10/h2-8,17H,1H3,(H,16,18)(H2,15,19,20). The van der Waals surface area contributed by atoms with Crippen LogP contribution in [0.3, 0.4) is 0 Å². The number of sulfonamides is 1. The lowest BCUT2D eigenvalue weighted by molar-refractivity contribution is 0.102. The maximum atomic E-state index is 12.0. The highest BCUT2D eigenvalue weighted by molar-refractivity contribution is 7.89. The second-order valence-corrected chi connectivity index (χ2v) is 6.09. The number of aryl methyl sites for hydroxylation is 1. The fraction of sp³-hybridized carbons (Fsp3) is 0.0714. The quantitative estimate of drug-likeness (QED) is 0.800. The third-order valence-corrected chi connectivity index (χ3v) is 3.79. The number of anilines is 1. The summed E-state index contributed by atoms with van der Waals surface area (Å²) in [4.78, 5) is 12.0. The van der Waals surface area contributed by atoms with Crippen molar-refractivity contribution in [3.63, 3.8) is 0 Å². The number of aromatic hydroxyl groups is 1. The molecule has 0 aliphatic heterocycles. The van der Waals surface area contributed by atoms with Crippen LogP contribution >= 0.6 is 0 Å². The van der Waals surface area contributed by atoms with Crippen LogP contribution in [0.4, 0.5) is 5.69 Å². The molecule has 6 nitrogen and oxygen atoms in total. The highest BCUT2D eigenvalue weighted by Gasteiger charge is 2.12. The Kier molecular flexibility index (Phi) is 3.97. The summed E-state index contributed by atoms with van der Waals surface area (Å²) in [6.07, 6.45) is 0. The monoisotopic (exact) mass is 306 g/mol. The van der Waals surface area contributed by atoms with Gasteiger partial charge in [0.1, 0.15) is 5.75 Å². The zero-order valence-electron chi connectivity index (χ0n) is 11.2. The Bertz CT molecular complexity index is 800. The summed E-state index contributed by atoms with van der Waals surface area (Å²) in [5.41, 5.74) is 1.33. The highest BCUT2D eigenvalue weighted by Crippen LogP contribution is 2.20. The van der Waals surface area contributed by atoms with Gasteiger partial charge in [-0.05, 0) is 48.9 Å². The average Bonchev–Trinajstić information content (AvgIpc) is 2.39. The second-order valence-electron chi connectivity index (χ2n) is 4.53. The second kappa shape index (κ2) is 5.55. The first-order valence-electron chi connectivity index (χ1n) is 6.01. The number of nitrogens with one attached hydrogen (secondary N) is 1. The molecule has 0 spiro atoms. The zero-order valence-corrected chi connectivity index (χ0v) is 12.0. The number of carbonyl (C=O) groups is 1. The van der Waals surface area contributed by atoms with Gasteiger partial charge >= 0.3 is 0 Å². The van der Waals surface area contributed by atoms with Gasteiger partial charge < -0.3 is 10.4 Å². The van der Waals surface area contributed by atoms with Gasteiger partial charge in [-0.3, -0.25) is 4.79 Å². The number of nitrogens with two attached hydrogens (primary N) is 1. The van der Waals surface area contributed by atoms with Crippen LogP contribution < -0.4 is 10.5 Å². The molecule has 1 amide bonds. The van der Waals surface area contributed by atoms with E-state index in [1.807, 2.05) is 0 Å². The van der Waals surface area contributed by atoms with Gasteiger partial charge in [-0.25, -0.2) is 13.6 Å². The zero-order chi connectivity index (χ0) is 15.6. The molecule has 0 unspecified atom stereocenters. The smallest absolute Gasteiger partial charge is 0.255 e. The van der Waals surface area contributed by atoms with Crippen molar-refractivity contribution in [1.82, 2.24) is 0 Å². The number of primary sulfonamides is 1. The SMILES string of the molecule is Cc1cc(S(N)(=O)=O)ccc1NC(=O)c1cccc(O)c1. The number of amides is 1. The largest absolute Gasteiger partial charge is 0.508 e. The van der Waals surface area contributed by atoms with E-state index in [0.717, 1.165) is 0 Å². The van der Waals surface area contributed by atoms with Crippen LogP contribution in [0.5, 0.6) is 5.75 Å². The van der Waals surface area contributed by atoms with E-state index in [2.05, 4.69) is 5.32 Å². The molecular formula is C14H14N2O4S. The first-order valence-corrected chi connectivity index (χ1v) is 7.56. The molecule has 0 bridgehead atoms. The van der Waals surface area contributed by atoms with E-state index in [4.69, 9.17) is 5.14 Å².